The van der Waals surface area contributed by atoms with Crippen molar-refractivity contribution in [2.24, 2.45) is 5.92 Å². The van der Waals surface area contributed by atoms with E-state index in [0.29, 0.717) is 25.9 Å². The maximum absolute atomic E-state index is 12.8. The first kappa shape index (κ1) is 19.8. The van der Waals surface area contributed by atoms with Gasteiger partial charge in [-0.25, -0.2) is 0 Å². The molecule has 146 valence electrons. The second kappa shape index (κ2) is 9.31. The number of Topliss-reactive ketones (excluding diaryl/α,β-unsaturated/α-hetero) is 1. The van der Waals surface area contributed by atoms with Gasteiger partial charge in [-0.1, -0.05) is 60.7 Å². The third-order valence-corrected chi connectivity index (χ3v) is 5.23. The number of likely N-dealkylation sites (tertiary alicyclic amines) is 1. The number of benzene rings is 2. The van der Waals surface area contributed by atoms with Crippen molar-refractivity contribution in [2.75, 3.05) is 13.1 Å². The van der Waals surface area contributed by atoms with Gasteiger partial charge in [-0.2, -0.15) is 0 Å². The van der Waals surface area contributed by atoms with Gasteiger partial charge in [0.05, 0.1) is 12.5 Å². The number of piperidine rings is 1. The van der Waals surface area contributed by atoms with Crippen LogP contribution in [0.1, 0.15) is 48.1 Å². The van der Waals surface area contributed by atoms with Crippen LogP contribution in [0.5, 0.6) is 0 Å². The van der Waals surface area contributed by atoms with Crippen LogP contribution in [0.3, 0.4) is 0 Å². The van der Waals surface area contributed by atoms with Gasteiger partial charge >= 0.3 is 0 Å². The standard InChI is InChI=1S/C23H26N2O3/c1-17(26)24-21(18-8-4-2-5-9-18)16-22(27)25-14-12-20(13-15-25)23(28)19-10-6-3-7-11-19/h2-11,20-21H,12-16H2,1H3,(H,24,26). The number of amides is 2. The maximum Gasteiger partial charge on any atom is 0.224 e. The Labute approximate surface area is 165 Å². The highest BCUT2D eigenvalue weighted by Crippen LogP contribution is 2.24. The van der Waals surface area contributed by atoms with Crippen LogP contribution in [-0.4, -0.2) is 35.6 Å². The summed E-state index contributed by atoms with van der Waals surface area (Å²) >= 11 is 0. The van der Waals surface area contributed by atoms with Crippen molar-refractivity contribution in [3.05, 3.63) is 71.8 Å². The Morgan fingerprint density at radius 1 is 0.964 bits per heavy atom. The van der Waals surface area contributed by atoms with E-state index < -0.39 is 0 Å². The highest BCUT2D eigenvalue weighted by Gasteiger charge is 2.29. The van der Waals surface area contributed by atoms with Crippen molar-refractivity contribution in [3.63, 3.8) is 0 Å². The average Bonchev–Trinajstić information content (AvgIpc) is 2.74. The second-order valence-corrected chi connectivity index (χ2v) is 7.25. The van der Waals surface area contributed by atoms with Crippen molar-refractivity contribution < 1.29 is 14.4 Å². The molecule has 1 saturated heterocycles. The van der Waals surface area contributed by atoms with Gasteiger partial charge in [-0.15, -0.1) is 0 Å². The van der Waals surface area contributed by atoms with Crippen LogP contribution in [0.15, 0.2) is 60.7 Å². The molecule has 0 radical (unpaired) electrons. The average molecular weight is 378 g/mol. The fourth-order valence-electron chi connectivity index (χ4n) is 3.72. The zero-order valence-electron chi connectivity index (χ0n) is 16.1. The largest absolute Gasteiger partial charge is 0.349 e. The molecule has 0 aliphatic carbocycles. The van der Waals surface area contributed by atoms with E-state index in [1.165, 1.54) is 6.92 Å². The van der Waals surface area contributed by atoms with Crippen molar-refractivity contribution in [1.82, 2.24) is 10.2 Å². The van der Waals surface area contributed by atoms with Gasteiger partial charge in [0.15, 0.2) is 5.78 Å². The van der Waals surface area contributed by atoms with Crippen molar-refractivity contribution in [2.45, 2.75) is 32.2 Å². The lowest BCUT2D eigenvalue weighted by atomic mass is 9.88. The van der Waals surface area contributed by atoms with Crippen LogP contribution >= 0.6 is 0 Å². The molecule has 5 heteroatoms. The van der Waals surface area contributed by atoms with Crippen molar-refractivity contribution in [3.8, 4) is 0 Å². The summed E-state index contributed by atoms with van der Waals surface area (Å²) in [5, 5.41) is 2.87. The molecule has 1 N–H and O–H groups in total. The van der Waals surface area contributed by atoms with Crippen LogP contribution in [0, 0.1) is 5.92 Å². The number of hydrogen-bond acceptors (Lipinski definition) is 3. The van der Waals surface area contributed by atoms with E-state index in [-0.39, 0.29) is 36.0 Å². The molecular formula is C23H26N2O3. The Hall–Kier alpha value is -2.95. The molecule has 0 bridgehead atoms. The first-order valence-corrected chi connectivity index (χ1v) is 9.73. The Balaban J connectivity index is 1.58. The number of carbonyl (C=O) groups is 3. The van der Waals surface area contributed by atoms with Gasteiger partial charge in [-0.3, -0.25) is 14.4 Å². The third kappa shape index (κ3) is 5.06. The summed E-state index contributed by atoms with van der Waals surface area (Å²) in [6.07, 6.45) is 1.58. The van der Waals surface area contributed by atoms with Gasteiger partial charge in [-0.05, 0) is 18.4 Å². The molecule has 1 aliphatic rings. The molecule has 2 aromatic rings. The Morgan fingerprint density at radius 2 is 1.54 bits per heavy atom. The number of nitrogens with zero attached hydrogens (tertiary/aromatic N) is 1. The minimum absolute atomic E-state index is 0.00760. The Kier molecular flexibility index (Phi) is 6.58. The van der Waals surface area contributed by atoms with Crippen LogP contribution in [-0.2, 0) is 9.59 Å². The van der Waals surface area contributed by atoms with Gasteiger partial charge in [0.1, 0.15) is 0 Å². The lowest BCUT2D eigenvalue weighted by Crippen LogP contribution is -2.42. The highest BCUT2D eigenvalue weighted by atomic mass is 16.2. The molecule has 0 spiro atoms. The van der Waals surface area contributed by atoms with E-state index in [1.54, 1.807) is 0 Å². The molecule has 1 unspecified atom stereocenters. The number of hydrogen-bond donors (Lipinski definition) is 1. The van der Waals surface area contributed by atoms with E-state index in [2.05, 4.69) is 5.32 Å². The first-order chi connectivity index (χ1) is 13.5. The lowest BCUT2D eigenvalue weighted by Gasteiger charge is -2.32. The molecule has 0 saturated carbocycles. The normalized spacial score (nSPS) is 15.7. The molecule has 5 nitrogen and oxygen atoms in total. The van der Waals surface area contributed by atoms with Crippen LogP contribution < -0.4 is 5.32 Å². The van der Waals surface area contributed by atoms with Gasteiger partial charge in [0, 0.05) is 31.5 Å². The molecule has 1 fully saturated rings. The van der Waals surface area contributed by atoms with Crippen LogP contribution in [0.25, 0.3) is 0 Å². The van der Waals surface area contributed by atoms with Crippen LogP contribution in [0.4, 0.5) is 0 Å². The Morgan fingerprint density at radius 3 is 2.11 bits per heavy atom. The zero-order valence-corrected chi connectivity index (χ0v) is 16.1. The summed E-state index contributed by atoms with van der Waals surface area (Å²) in [7, 11) is 0. The number of rotatable bonds is 6. The fraction of sp³-hybridized carbons (Fsp3) is 0.348. The molecule has 0 aromatic heterocycles. The Bertz CT molecular complexity index is 812. The molecule has 3 rings (SSSR count). The van der Waals surface area contributed by atoms with E-state index in [4.69, 9.17) is 0 Å². The minimum atomic E-state index is -0.338. The first-order valence-electron chi connectivity index (χ1n) is 9.73. The number of carbonyl (C=O) groups excluding carboxylic acids is 3. The topological polar surface area (TPSA) is 66.5 Å². The predicted molar refractivity (Wildman–Crippen MR) is 108 cm³/mol. The smallest absolute Gasteiger partial charge is 0.224 e. The molecule has 2 amide bonds. The van der Waals surface area contributed by atoms with Gasteiger partial charge < -0.3 is 10.2 Å². The predicted octanol–water partition coefficient (Wildman–Crippen LogP) is 3.38. The quantitative estimate of drug-likeness (QED) is 0.784. The SMILES string of the molecule is CC(=O)NC(CC(=O)N1CCC(C(=O)c2ccccc2)CC1)c1ccccc1. The summed E-state index contributed by atoms with van der Waals surface area (Å²) in [4.78, 5) is 38.8. The summed E-state index contributed by atoms with van der Waals surface area (Å²) in [5.74, 6) is -0.0261. The van der Waals surface area contributed by atoms with Gasteiger partial charge in [0.2, 0.25) is 11.8 Å². The summed E-state index contributed by atoms with van der Waals surface area (Å²) in [6, 6.07) is 18.5. The zero-order chi connectivity index (χ0) is 19.9. The van der Waals surface area contributed by atoms with E-state index in [1.807, 2.05) is 65.6 Å². The summed E-state index contributed by atoms with van der Waals surface area (Å²) in [5.41, 5.74) is 1.65. The highest BCUT2D eigenvalue weighted by molar-refractivity contribution is 5.98. The summed E-state index contributed by atoms with van der Waals surface area (Å²) < 4.78 is 0. The fourth-order valence-corrected chi connectivity index (χ4v) is 3.72. The van der Waals surface area contributed by atoms with E-state index in [9.17, 15) is 14.4 Å². The van der Waals surface area contributed by atoms with E-state index in [0.717, 1.165) is 11.1 Å². The lowest BCUT2D eigenvalue weighted by molar-refractivity contribution is -0.133. The number of nitrogens with one attached hydrogen (secondary N) is 1. The maximum atomic E-state index is 12.8. The van der Waals surface area contributed by atoms with E-state index >= 15 is 0 Å². The van der Waals surface area contributed by atoms with Crippen molar-refractivity contribution in [1.29, 1.82) is 0 Å². The monoisotopic (exact) mass is 378 g/mol. The molecular weight excluding hydrogens is 352 g/mol. The molecule has 1 heterocycles. The second-order valence-electron chi connectivity index (χ2n) is 7.25. The summed E-state index contributed by atoms with van der Waals surface area (Å²) in [6.45, 7) is 2.61. The minimum Gasteiger partial charge on any atom is -0.349 e. The van der Waals surface area contributed by atoms with Crippen LogP contribution in [0.2, 0.25) is 0 Å². The molecule has 28 heavy (non-hydrogen) atoms. The van der Waals surface area contributed by atoms with Crippen molar-refractivity contribution >= 4 is 17.6 Å². The van der Waals surface area contributed by atoms with Gasteiger partial charge in [0.25, 0.3) is 0 Å². The molecule has 1 atom stereocenters. The molecule has 2 aromatic carbocycles. The number of ketones is 1. The third-order valence-electron chi connectivity index (χ3n) is 5.23. The molecule has 1 aliphatic heterocycles.